The Hall–Kier alpha value is -4.56. The molecule has 2 nitrogen and oxygen atoms in total. The summed E-state index contributed by atoms with van der Waals surface area (Å²) in [5, 5.41) is 1.10. The molecule has 0 bridgehead atoms. The third-order valence-electron chi connectivity index (χ3n) is 10.2. The molecule has 0 radical (unpaired) electrons. The highest BCUT2D eigenvalue weighted by Crippen LogP contribution is 2.56. The van der Waals surface area contributed by atoms with Crippen molar-refractivity contribution in [1.82, 2.24) is 9.97 Å². The summed E-state index contributed by atoms with van der Waals surface area (Å²) in [6, 6.07) is 36.0. The number of aryl methyl sites for hydroxylation is 2. The van der Waals surface area contributed by atoms with E-state index in [1.165, 1.54) is 61.2 Å². The molecule has 1 heterocycles. The van der Waals surface area contributed by atoms with Crippen molar-refractivity contribution >= 4 is 10.9 Å². The Balaban J connectivity index is 1.35. The Morgan fingerprint density at radius 1 is 0.614 bits per heavy atom. The van der Waals surface area contributed by atoms with Crippen LogP contribution in [0.3, 0.4) is 0 Å². The SMILES string of the molecule is CCCC1(CCC)c2cc(-c3nc(-c4c(C)cccc4C)c4ccccc4n3)ccc2-c2cc3c(cc21)Cc1ccccc1-3. The fraction of sp³-hybridized carbons (Fsp3) is 0.238. The van der Waals surface area contributed by atoms with Crippen LogP contribution in [-0.2, 0) is 11.8 Å². The summed E-state index contributed by atoms with van der Waals surface area (Å²) < 4.78 is 0. The standard InChI is InChI=1S/C42H38N2/c1-5-20-42(21-6-2)36-23-29(18-19-32(36)35-25-34-30(24-37(35)42)22-28-14-7-8-15-31(28)34)41-43-38-17-10-9-16-33(38)40(44-41)39-26(3)12-11-13-27(39)4/h7-19,23-25H,5-6,20-22H2,1-4H3. The molecule has 2 heteroatoms. The molecule has 0 saturated carbocycles. The maximum absolute atomic E-state index is 5.34. The molecule has 0 spiro atoms. The zero-order valence-corrected chi connectivity index (χ0v) is 26.2. The van der Waals surface area contributed by atoms with Gasteiger partial charge in [0.1, 0.15) is 0 Å². The van der Waals surface area contributed by atoms with Gasteiger partial charge in [-0.2, -0.15) is 0 Å². The predicted octanol–water partition coefficient (Wildman–Crippen LogP) is 11.0. The van der Waals surface area contributed by atoms with E-state index in [-0.39, 0.29) is 5.41 Å². The molecule has 6 aromatic rings. The summed E-state index contributed by atoms with van der Waals surface area (Å²) in [4.78, 5) is 10.5. The van der Waals surface area contributed by atoms with Gasteiger partial charge in [0.05, 0.1) is 11.2 Å². The third-order valence-corrected chi connectivity index (χ3v) is 10.2. The summed E-state index contributed by atoms with van der Waals surface area (Å²) in [5.41, 5.74) is 18.3. The summed E-state index contributed by atoms with van der Waals surface area (Å²) in [6.07, 6.45) is 5.60. The van der Waals surface area contributed by atoms with E-state index >= 15 is 0 Å². The molecule has 0 aliphatic heterocycles. The first-order chi connectivity index (χ1) is 21.5. The van der Waals surface area contributed by atoms with E-state index in [2.05, 4.69) is 125 Å². The highest BCUT2D eigenvalue weighted by molar-refractivity contribution is 5.95. The van der Waals surface area contributed by atoms with Crippen molar-refractivity contribution in [2.75, 3.05) is 0 Å². The molecule has 44 heavy (non-hydrogen) atoms. The van der Waals surface area contributed by atoms with Crippen molar-refractivity contribution < 1.29 is 0 Å². The summed E-state index contributed by atoms with van der Waals surface area (Å²) in [6.45, 7) is 9.05. The minimum Gasteiger partial charge on any atom is -0.228 e. The van der Waals surface area contributed by atoms with Gasteiger partial charge in [0.2, 0.25) is 0 Å². The average Bonchev–Trinajstić information content (AvgIpc) is 3.52. The Labute approximate surface area is 260 Å². The number of hydrogen-bond acceptors (Lipinski definition) is 2. The molecule has 0 N–H and O–H groups in total. The van der Waals surface area contributed by atoms with Crippen molar-refractivity contribution in [2.45, 2.75) is 65.2 Å². The van der Waals surface area contributed by atoms with Crippen LogP contribution in [0.4, 0.5) is 0 Å². The number of aromatic nitrogens is 2. The smallest absolute Gasteiger partial charge is 0.160 e. The maximum Gasteiger partial charge on any atom is 0.160 e. The molecule has 5 aromatic carbocycles. The Morgan fingerprint density at radius 3 is 2.14 bits per heavy atom. The second-order valence-corrected chi connectivity index (χ2v) is 12.9. The van der Waals surface area contributed by atoms with Crippen molar-refractivity contribution in [3.05, 3.63) is 130 Å². The van der Waals surface area contributed by atoms with Gasteiger partial charge in [-0.25, -0.2) is 9.97 Å². The van der Waals surface area contributed by atoms with Crippen LogP contribution in [0, 0.1) is 13.8 Å². The maximum atomic E-state index is 5.34. The summed E-state index contributed by atoms with van der Waals surface area (Å²) in [5.74, 6) is 0.804. The van der Waals surface area contributed by atoms with E-state index in [0.717, 1.165) is 60.1 Å². The van der Waals surface area contributed by atoms with Gasteiger partial charge >= 0.3 is 0 Å². The molecular formula is C42H38N2. The van der Waals surface area contributed by atoms with Gasteiger partial charge in [-0.15, -0.1) is 0 Å². The lowest BCUT2D eigenvalue weighted by Gasteiger charge is -2.32. The van der Waals surface area contributed by atoms with Crippen LogP contribution in [0.2, 0.25) is 0 Å². The Bertz CT molecular complexity index is 2070. The van der Waals surface area contributed by atoms with E-state index in [0.29, 0.717) is 0 Å². The molecule has 216 valence electrons. The number of hydrogen-bond donors (Lipinski definition) is 0. The van der Waals surface area contributed by atoms with Gasteiger partial charge in [0, 0.05) is 21.9 Å². The van der Waals surface area contributed by atoms with Crippen LogP contribution < -0.4 is 0 Å². The van der Waals surface area contributed by atoms with Crippen molar-refractivity contribution in [1.29, 1.82) is 0 Å². The van der Waals surface area contributed by atoms with E-state index < -0.39 is 0 Å². The Kier molecular flexibility index (Phi) is 6.31. The lowest BCUT2D eigenvalue weighted by atomic mass is 9.71. The molecule has 8 rings (SSSR count). The normalized spacial score (nSPS) is 13.9. The van der Waals surface area contributed by atoms with Crippen LogP contribution >= 0.6 is 0 Å². The van der Waals surface area contributed by atoms with Gasteiger partial charge in [-0.1, -0.05) is 106 Å². The fourth-order valence-corrected chi connectivity index (χ4v) is 8.36. The quantitative estimate of drug-likeness (QED) is 0.199. The molecule has 1 aromatic heterocycles. The van der Waals surface area contributed by atoms with E-state index in [1.54, 1.807) is 0 Å². The fourth-order valence-electron chi connectivity index (χ4n) is 8.36. The number of benzene rings is 5. The minimum atomic E-state index is 0.000264. The number of rotatable bonds is 6. The molecular weight excluding hydrogens is 532 g/mol. The van der Waals surface area contributed by atoms with Crippen molar-refractivity contribution in [2.24, 2.45) is 0 Å². The molecule has 2 aliphatic carbocycles. The second kappa shape index (κ2) is 10.3. The lowest BCUT2D eigenvalue weighted by Crippen LogP contribution is -2.25. The first-order valence-corrected chi connectivity index (χ1v) is 16.3. The number of nitrogens with zero attached hydrogens (tertiary/aromatic N) is 2. The van der Waals surface area contributed by atoms with Crippen LogP contribution in [-0.4, -0.2) is 9.97 Å². The van der Waals surface area contributed by atoms with Gasteiger partial charge in [-0.05, 0) is 107 Å². The number of para-hydroxylation sites is 1. The summed E-state index contributed by atoms with van der Waals surface area (Å²) >= 11 is 0. The van der Waals surface area contributed by atoms with Crippen LogP contribution in [0.5, 0.6) is 0 Å². The monoisotopic (exact) mass is 570 g/mol. The van der Waals surface area contributed by atoms with Gasteiger partial charge in [0.15, 0.2) is 5.82 Å². The van der Waals surface area contributed by atoms with E-state index in [4.69, 9.17) is 9.97 Å². The topological polar surface area (TPSA) is 25.8 Å². The first-order valence-electron chi connectivity index (χ1n) is 16.3. The molecule has 0 atom stereocenters. The van der Waals surface area contributed by atoms with Crippen LogP contribution in [0.25, 0.3) is 55.8 Å². The first kappa shape index (κ1) is 27.0. The zero-order chi connectivity index (χ0) is 30.0. The van der Waals surface area contributed by atoms with Crippen LogP contribution in [0.1, 0.15) is 72.9 Å². The molecule has 0 fully saturated rings. The largest absolute Gasteiger partial charge is 0.228 e. The zero-order valence-electron chi connectivity index (χ0n) is 26.2. The molecule has 2 aliphatic rings. The minimum absolute atomic E-state index is 0.000264. The highest BCUT2D eigenvalue weighted by atomic mass is 14.9. The summed E-state index contributed by atoms with van der Waals surface area (Å²) in [7, 11) is 0. The third kappa shape index (κ3) is 3.93. The lowest BCUT2D eigenvalue weighted by molar-refractivity contribution is 0.435. The van der Waals surface area contributed by atoms with E-state index in [1.807, 2.05) is 0 Å². The van der Waals surface area contributed by atoms with Crippen molar-refractivity contribution in [3.63, 3.8) is 0 Å². The van der Waals surface area contributed by atoms with E-state index in [9.17, 15) is 0 Å². The molecule has 0 saturated heterocycles. The molecule has 0 unspecified atom stereocenters. The highest BCUT2D eigenvalue weighted by Gasteiger charge is 2.43. The van der Waals surface area contributed by atoms with Gasteiger partial charge < -0.3 is 0 Å². The van der Waals surface area contributed by atoms with Gasteiger partial charge in [-0.3, -0.25) is 0 Å². The number of fused-ring (bicyclic) bond motifs is 7. The second-order valence-electron chi connectivity index (χ2n) is 12.9. The van der Waals surface area contributed by atoms with Crippen LogP contribution in [0.15, 0.2) is 97.1 Å². The average molecular weight is 571 g/mol. The van der Waals surface area contributed by atoms with Gasteiger partial charge in [0.25, 0.3) is 0 Å². The van der Waals surface area contributed by atoms with Crippen molar-refractivity contribution in [3.8, 4) is 44.9 Å². The Morgan fingerprint density at radius 2 is 1.34 bits per heavy atom. The molecule has 0 amide bonds. The predicted molar refractivity (Wildman–Crippen MR) is 184 cm³/mol.